The molecule has 15 heavy (non-hydrogen) atoms. The highest BCUT2D eigenvalue weighted by Crippen LogP contribution is 2.31. The van der Waals surface area contributed by atoms with E-state index in [9.17, 15) is 0 Å². The van der Waals surface area contributed by atoms with Crippen LogP contribution in [0, 0.1) is 0 Å². The molecule has 1 aliphatic rings. The van der Waals surface area contributed by atoms with Crippen LogP contribution in [0.15, 0.2) is 18.7 Å². The molecule has 3 heteroatoms. The molecule has 1 aliphatic carbocycles. The molecule has 3 nitrogen and oxygen atoms in total. The maximum atomic E-state index is 6.00. The molecule has 0 saturated heterocycles. The molecule has 84 valence electrons. The summed E-state index contributed by atoms with van der Waals surface area (Å²) in [5.74, 6) is 0. The molecule has 0 atom stereocenters. The van der Waals surface area contributed by atoms with Crippen molar-refractivity contribution in [3.8, 4) is 0 Å². The Morgan fingerprint density at radius 1 is 1.13 bits per heavy atom. The molecule has 0 amide bonds. The number of nitrogens with zero attached hydrogens (tertiary/aromatic N) is 2. The van der Waals surface area contributed by atoms with E-state index < -0.39 is 0 Å². The minimum absolute atomic E-state index is 0.150. The van der Waals surface area contributed by atoms with Crippen LogP contribution >= 0.6 is 0 Å². The highest BCUT2D eigenvalue weighted by Gasteiger charge is 2.29. The summed E-state index contributed by atoms with van der Waals surface area (Å²) in [5, 5.41) is 0. The van der Waals surface area contributed by atoms with E-state index in [0.29, 0.717) is 0 Å². The van der Waals surface area contributed by atoms with Crippen LogP contribution in [0.3, 0.4) is 0 Å². The van der Waals surface area contributed by atoms with E-state index in [1.807, 2.05) is 12.5 Å². The van der Waals surface area contributed by atoms with Gasteiger partial charge in [0, 0.05) is 18.9 Å². The second kappa shape index (κ2) is 4.79. The van der Waals surface area contributed by atoms with E-state index in [1.54, 1.807) is 0 Å². The lowest BCUT2D eigenvalue weighted by molar-refractivity contribution is 0.220. The van der Waals surface area contributed by atoms with Crippen molar-refractivity contribution in [1.82, 2.24) is 9.55 Å². The Morgan fingerprint density at radius 3 is 2.33 bits per heavy atom. The average Bonchev–Trinajstić information content (AvgIpc) is 2.72. The van der Waals surface area contributed by atoms with Gasteiger partial charge in [-0.2, -0.15) is 0 Å². The number of hydrogen-bond acceptors (Lipinski definition) is 2. The first kappa shape index (κ1) is 10.7. The van der Waals surface area contributed by atoms with Crippen LogP contribution in [-0.2, 0) is 5.54 Å². The van der Waals surface area contributed by atoms with Crippen molar-refractivity contribution in [2.45, 2.75) is 50.5 Å². The topological polar surface area (TPSA) is 43.8 Å². The zero-order chi connectivity index (χ0) is 10.6. The molecule has 0 unspecified atom stereocenters. The van der Waals surface area contributed by atoms with Crippen LogP contribution < -0.4 is 5.73 Å². The lowest BCUT2D eigenvalue weighted by atomic mass is 9.84. The van der Waals surface area contributed by atoms with E-state index in [1.165, 1.54) is 44.9 Å². The van der Waals surface area contributed by atoms with Crippen molar-refractivity contribution in [2.24, 2.45) is 5.73 Å². The number of hydrogen-bond donors (Lipinski definition) is 1. The molecule has 1 aromatic rings. The monoisotopic (exact) mass is 207 g/mol. The largest absolute Gasteiger partial charge is 0.330 e. The van der Waals surface area contributed by atoms with Gasteiger partial charge in [-0.05, 0) is 12.8 Å². The van der Waals surface area contributed by atoms with Gasteiger partial charge in [0.2, 0.25) is 0 Å². The van der Waals surface area contributed by atoms with Gasteiger partial charge in [0.1, 0.15) is 0 Å². The van der Waals surface area contributed by atoms with Crippen LogP contribution in [0.2, 0.25) is 0 Å². The standard InChI is InChI=1S/C12H21N3/c13-10-12(15-9-8-14-11-15)6-4-2-1-3-5-7-12/h8-9,11H,1-7,10,13H2. The summed E-state index contributed by atoms with van der Waals surface area (Å²) in [6, 6.07) is 0. The molecule has 0 aromatic carbocycles. The van der Waals surface area contributed by atoms with E-state index in [4.69, 9.17) is 5.73 Å². The molecule has 2 rings (SSSR count). The number of rotatable bonds is 2. The normalized spacial score (nSPS) is 21.9. The van der Waals surface area contributed by atoms with Gasteiger partial charge in [-0.3, -0.25) is 0 Å². The van der Waals surface area contributed by atoms with Gasteiger partial charge in [0.15, 0.2) is 0 Å². The molecule has 0 aliphatic heterocycles. The minimum Gasteiger partial charge on any atom is -0.330 e. The Bertz CT molecular complexity index is 271. The molecular weight excluding hydrogens is 186 g/mol. The van der Waals surface area contributed by atoms with Gasteiger partial charge < -0.3 is 10.3 Å². The van der Waals surface area contributed by atoms with Gasteiger partial charge in [-0.25, -0.2) is 4.98 Å². The average molecular weight is 207 g/mol. The van der Waals surface area contributed by atoms with E-state index in [-0.39, 0.29) is 5.54 Å². The van der Waals surface area contributed by atoms with Gasteiger partial charge in [-0.15, -0.1) is 0 Å². The Morgan fingerprint density at radius 2 is 1.80 bits per heavy atom. The van der Waals surface area contributed by atoms with Crippen molar-refractivity contribution in [1.29, 1.82) is 0 Å². The van der Waals surface area contributed by atoms with Crippen molar-refractivity contribution < 1.29 is 0 Å². The second-order valence-corrected chi connectivity index (χ2v) is 4.67. The summed E-state index contributed by atoms with van der Waals surface area (Å²) in [4.78, 5) is 4.15. The first-order valence-electron chi connectivity index (χ1n) is 6.06. The first-order chi connectivity index (χ1) is 7.37. The molecule has 0 bridgehead atoms. The third-order valence-corrected chi connectivity index (χ3v) is 3.72. The Labute approximate surface area is 91.7 Å². The number of imidazole rings is 1. The highest BCUT2D eigenvalue weighted by molar-refractivity contribution is 4.93. The maximum Gasteiger partial charge on any atom is 0.0951 e. The minimum atomic E-state index is 0.150. The summed E-state index contributed by atoms with van der Waals surface area (Å²) in [6.45, 7) is 0.739. The third kappa shape index (κ3) is 2.23. The predicted molar refractivity (Wildman–Crippen MR) is 61.6 cm³/mol. The Kier molecular flexibility index (Phi) is 3.41. The zero-order valence-electron chi connectivity index (χ0n) is 9.36. The fourth-order valence-electron chi connectivity index (χ4n) is 2.67. The Hall–Kier alpha value is -0.830. The lowest BCUT2D eigenvalue weighted by Gasteiger charge is -2.35. The van der Waals surface area contributed by atoms with Crippen LogP contribution in [-0.4, -0.2) is 16.1 Å². The van der Waals surface area contributed by atoms with Crippen LogP contribution in [0.5, 0.6) is 0 Å². The van der Waals surface area contributed by atoms with E-state index >= 15 is 0 Å². The summed E-state index contributed by atoms with van der Waals surface area (Å²) < 4.78 is 2.23. The van der Waals surface area contributed by atoms with Gasteiger partial charge in [-0.1, -0.05) is 32.1 Å². The predicted octanol–water partition coefficient (Wildman–Crippen LogP) is 2.28. The Balaban J connectivity index is 2.17. The summed E-state index contributed by atoms with van der Waals surface area (Å²) in [6.07, 6.45) is 15.0. The summed E-state index contributed by atoms with van der Waals surface area (Å²) >= 11 is 0. The van der Waals surface area contributed by atoms with Crippen molar-refractivity contribution in [3.63, 3.8) is 0 Å². The van der Waals surface area contributed by atoms with Crippen LogP contribution in [0.1, 0.15) is 44.9 Å². The molecule has 1 aromatic heterocycles. The van der Waals surface area contributed by atoms with Crippen molar-refractivity contribution >= 4 is 0 Å². The lowest BCUT2D eigenvalue weighted by Crippen LogP contribution is -2.41. The number of nitrogens with two attached hydrogens (primary N) is 1. The molecule has 2 N–H and O–H groups in total. The quantitative estimate of drug-likeness (QED) is 0.808. The summed E-state index contributed by atoms with van der Waals surface area (Å²) in [5.41, 5.74) is 6.15. The van der Waals surface area contributed by atoms with Crippen LogP contribution in [0.25, 0.3) is 0 Å². The van der Waals surface area contributed by atoms with Gasteiger partial charge in [0.05, 0.1) is 11.9 Å². The maximum absolute atomic E-state index is 6.00. The molecular formula is C12H21N3. The SMILES string of the molecule is NCC1(n2ccnc2)CCCCCCC1. The summed E-state index contributed by atoms with van der Waals surface area (Å²) in [7, 11) is 0. The van der Waals surface area contributed by atoms with Crippen LogP contribution in [0.4, 0.5) is 0 Å². The highest BCUT2D eigenvalue weighted by atomic mass is 15.1. The molecule has 0 radical (unpaired) electrons. The van der Waals surface area contributed by atoms with E-state index in [0.717, 1.165) is 6.54 Å². The van der Waals surface area contributed by atoms with E-state index in [2.05, 4.69) is 15.7 Å². The second-order valence-electron chi connectivity index (χ2n) is 4.67. The first-order valence-corrected chi connectivity index (χ1v) is 6.06. The zero-order valence-corrected chi connectivity index (χ0v) is 9.36. The van der Waals surface area contributed by atoms with Crippen molar-refractivity contribution in [2.75, 3.05) is 6.54 Å². The molecule has 0 spiro atoms. The van der Waals surface area contributed by atoms with Gasteiger partial charge in [0.25, 0.3) is 0 Å². The van der Waals surface area contributed by atoms with Gasteiger partial charge >= 0.3 is 0 Å². The fraction of sp³-hybridized carbons (Fsp3) is 0.750. The number of aromatic nitrogens is 2. The third-order valence-electron chi connectivity index (χ3n) is 3.72. The molecule has 1 fully saturated rings. The smallest absolute Gasteiger partial charge is 0.0951 e. The molecule has 1 saturated carbocycles. The fourth-order valence-corrected chi connectivity index (χ4v) is 2.67. The van der Waals surface area contributed by atoms with Crippen molar-refractivity contribution in [3.05, 3.63) is 18.7 Å². The molecule has 1 heterocycles.